The minimum Gasteiger partial charge on any atom is -0.493 e. The molecule has 3 fully saturated rings. The zero-order chi connectivity index (χ0) is 25.4. The number of anilines is 1. The fraction of sp³-hybridized carbons (Fsp3) is 0.654. The van der Waals surface area contributed by atoms with Crippen molar-refractivity contribution in [2.45, 2.75) is 57.8 Å². The summed E-state index contributed by atoms with van der Waals surface area (Å²) in [6.45, 7) is 5.29. The Morgan fingerprint density at radius 3 is 2.64 bits per heavy atom. The number of nitrogens with zero attached hydrogens (tertiary/aromatic N) is 4. The maximum Gasteiger partial charge on any atom is 0.324 e. The number of rotatable bonds is 9. The molecule has 2 saturated heterocycles. The lowest BCUT2D eigenvalue weighted by Gasteiger charge is -2.38. The Kier molecular flexibility index (Phi) is 6.87. The molecule has 1 amide bonds. The van der Waals surface area contributed by atoms with Crippen LogP contribution in [-0.4, -0.2) is 59.7 Å². The molecule has 3 aliphatic rings. The summed E-state index contributed by atoms with van der Waals surface area (Å²) in [5.41, 5.74) is 0.192. The van der Waals surface area contributed by atoms with Crippen molar-refractivity contribution in [1.29, 1.82) is 0 Å². The smallest absolute Gasteiger partial charge is 0.324 e. The third-order valence-corrected chi connectivity index (χ3v) is 7.66. The van der Waals surface area contributed by atoms with Gasteiger partial charge in [-0.05, 0) is 55.1 Å². The van der Waals surface area contributed by atoms with E-state index in [-0.39, 0.29) is 17.9 Å². The number of piperidine rings is 1. The topological polar surface area (TPSA) is 71.7 Å². The predicted octanol–water partition coefficient (Wildman–Crippen LogP) is 4.67. The van der Waals surface area contributed by atoms with Crippen molar-refractivity contribution < 1.29 is 27.2 Å². The highest BCUT2D eigenvalue weighted by Gasteiger charge is 2.46. The zero-order valence-corrected chi connectivity index (χ0v) is 20.8. The maximum atomic E-state index is 14.4. The largest absolute Gasteiger partial charge is 0.493 e. The highest BCUT2D eigenvalue weighted by molar-refractivity contribution is 5.79. The van der Waals surface area contributed by atoms with Crippen LogP contribution in [0.2, 0.25) is 0 Å². The van der Waals surface area contributed by atoms with Crippen molar-refractivity contribution in [1.82, 2.24) is 15.0 Å². The molecule has 3 heterocycles. The number of likely N-dealkylation sites (tertiary alicyclic amines) is 1. The SMILES string of the molecule is CC(C)c1noc(N2CCC([C@H]3C[C@H]3CCOc3ccc(CC(=O)N4CC(F)(F)C4)c(F)c3)CC2)n1. The Hall–Kier alpha value is -2.78. The number of carbonyl (C=O) groups is 1. The predicted molar refractivity (Wildman–Crippen MR) is 127 cm³/mol. The molecule has 7 nitrogen and oxygen atoms in total. The number of alkyl halides is 2. The van der Waals surface area contributed by atoms with E-state index in [9.17, 15) is 18.0 Å². The summed E-state index contributed by atoms with van der Waals surface area (Å²) in [5.74, 6) is -0.404. The average Bonchev–Trinajstić information content (AvgIpc) is 3.41. The molecule has 36 heavy (non-hydrogen) atoms. The van der Waals surface area contributed by atoms with Crippen LogP contribution in [0.15, 0.2) is 22.7 Å². The minimum atomic E-state index is -2.82. The summed E-state index contributed by atoms with van der Waals surface area (Å²) >= 11 is 0. The van der Waals surface area contributed by atoms with E-state index in [0.29, 0.717) is 36.1 Å². The molecule has 1 aliphatic carbocycles. The quantitative estimate of drug-likeness (QED) is 0.492. The zero-order valence-electron chi connectivity index (χ0n) is 20.8. The lowest BCUT2D eigenvalue weighted by atomic mass is 9.90. The van der Waals surface area contributed by atoms with Crippen LogP contribution in [0.1, 0.15) is 56.8 Å². The van der Waals surface area contributed by atoms with E-state index < -0.39 is 30.7 Å². The molecule has 10 heteroatoms. The van der Waals surface area contributed by atoms with E-state index in [4.69, 9.17) is 9.26 Å². The number of ether oxygens (including phenoxy) is 1. The van der Waals surface area contributed by atoms with Crippen LogP contribution in [0, 0.1) is 23.6 Å². The van der Waals surface area contributed by atoms with Crippen LogP contribution >= 0.6 is 0 Å². The Morgan fingerprint density at radius 1 is 1.25 bits per heavy atom. The van der Waals surface area contributed by atoms with E-state index in [1.807, 2.05) is 0 Å². The normalized spacial score (nSPS) is 23.6. The van der Waals surface area contributed by atoms with Crippen molar-refractivity contribution in [3.05, 3.63) is 35.4 Å². The summed E-state index contributed by atoms with van der Waals surface area (Å²) in [7, 11) is 0. The molecule has 0 spiro atoms. The first-order valence-corrected chi connectivity index (χ1v) is 12.8. The van der Waals surface area contributed by atoms with Crippen molar-refractivity contribution in [3.8, 4) is 5.75 Å². The fourth-order valence-electron chi connectivity index (χ4n) is 5.34. The summed E-state index contributed by atoms with van der Waals surface area (Å²) in [6.07, 6.45) is 4.13. The number of halogens is 3. The van der Waals surface area contributed by atoms with E-state index in [2.05, 4.69) is 28.9 Å². The van der Waals surface area contributed by atoms with Gasteiger partial charge in [-0.25, -0.2) is 13.2 Å². The van der Waals surface area contributed by atoms with Crippen molar-refractivity contribution >= 4 is 11.9 Å². The molecule has 1 aromatic heterocycles. The van der Waals surface area contributed by atoms with Gasteiger partial charge in [0.15, 0.2) is 5.82 Å². The molecule has 1 aromatic carbocycles. The first kappa shape index (κ1) is 24.9. The van der Waals surface area contributed by atoms with Gasteiger partial charge in [-0.15, -0.1) is 0 Å². The number of aromatic nitrogens is 2. The fourth-order valence-corrected chi connectivity index (χ4v) is 5.34. The highest BCUT2D eigenvalue weighted by Crippen LogP contribution is 2.50. The first-order valence-electron chi connectivity index (χ1n) is 12.8. The van der Waals surface area contributed by atoms with Gasteiger partial charge in [0.25, 0.3) is 5.92 Å². The molecule has 0 unspecified atom stereocenters. The van der Waals surface area contributed by atoms with Gasteiger partial charge in [0.2, 0.25) is 5.91 Å². The first-order chi connectivity index (χ1) is 17.2. The number of benzene rings is 1. The number of carbonyl (C=O) groups excluding carboxylic acids is 1. The molecular formula is C26H33F3N4O3. The number of hydrogen-bond acceptors (Lipinski definition) is 6. The molecule has 0 bridgehead atoms. The number of amides is 1. The summed E-state index contributed by atoms with van der Waals surface area (Å²) < 4.78 is 51.5. The van der Waals surface area contributed by atoms with Gasteiger partial charge in [0.05, 0.1) is 26.1 Å². The molecule has 1 saturated carbocycles. The van der Waals surface area contributed by atoms with Crippen LogP contribution in [-0.2, 0) is 11.2 Å². The van der Waals surface area contributed by atoms with Crippen molar-refractivity contribution in [2.75, 3.05) is 37.7 Å². The summed E-state index contributed by atoms with van der Waals surface area (Å²) in [5, 5.41) is 4.06. The third kappa shape index (κ3) is 5.62. The van der Waals surface area contributed by atoms with Gasteiger partial charge in [0, 0.05) is 25.1 Å². The van der Waals surface area contributed by atoms with Gasteiger partial charge in [-0.2, -0.15) is 4.98 Å². The minimum absolute atomic E-state index is 0.192. The molecule has 2 aliphatic heterocycles. The molecule has 2 aromatic rings. The standard InChI is InChI=1S/C26H33F3N4O3/c1-16(2)24-30-25(36-31-24)32-8-5-17(6-9-32)21-11-18(21)7-10-35-20-4-3-19(22(27)13-20)12-23(34)33-14-26(28,29)15-33/h3-4,13,16-18,21H,5-12,14-15H2,1-2H3/t18-,21-/m1/s1. The lowest BCUT2D eigenvalue weighted by molar-refractivity contribution is -0.165. The Labute approximate surface area is 209 Å². The molecular weight excluding hydrogens is 473 g/mol. The molecule has 2 atom stereocenters. The van der Waals surface area contributed by atoms with E-state index in [1.165, 1.54) is 18.6 Å². The molecule has 5 rings (SSSR count). The Balaban J connectivity index is 1.01. The van der Waals surface area contributed by atoms with Crippen LogP contribution in [0.4, 0.5) is 19.2 Å². The van der Waals surface area contributed by atoms with Crippen molar-refractivity contribution in [3.63, 3.8) is 0 Å². The number of hydrogen-bond donors (Lipinski definition) is 0. The second-order valence-electron chi connectivity index (χ2n) is 10.7. The van der Waals surface area contributed by atoms with Crippen LogP contribution in [0.5, 0.6) is 5.75 Å². The van der Waals surface area contributed by atoms with Gasteiger partial charge in [0.1, 0.15) is 11.6 Å². The second-order valence-corrected chi connectivity index (χ2v) is 10.7. The average molecular weight is 507 g/mol. The molecule has 0 radical (unpaired) electrons. The summed E-state index contributed by atoms with van der Waals surface area (Å²) in [6, 6.07) is 5.04. The van der Waals surface area contributed by atoms with Gasteiger partial charge in [-0.3, -0.25) is 4.79 Å². The van der Waals surface area contributed by atoms with E-state index in [0.717, 1.165) is 43.1 Å². The van der Waals surface area contributed by atoms with Crippen molar-refractivity contribution in [2.24, 2.45) is 17.8 Å². The van der Waals surface area contributed by atoms with E-state index >= 15 is 0 Å². The van der Waals surface area contributed by atoms with Gasteiger partial charge < -0.3 is 19.1 Å². The monoisotopic (exact) mass is 506 g/mol. The molecule has 196 valence electrons. The third-order valence-electron chi connectivity index (χ3n) is 7.66. The van der Waals surface area contributed by atoms with Crippen LogP contribution in [0.25, 0.3) is 0 Å². The van der Waals surface area contributed by atoms with Crippen LogP contribution in [0.3, 0.4) is 0 Å². The summed E-state index contributed by atoms with van der Waals surface area (Å²) in [4.78, 5) is 19.8. The van der Waals surface area contributed by atoms with Gasteiger partial charge >= 0.3 is 6.01 Å². The second kappa shape index (κ2) is 9.94. The Morgan fingerprint density at radius 2 is 2.00 bits per heavy atom. The van der Waals surface area contributed by atoms with E-state index in [1.54, 1.807) is 6.07 Å². The van der Waals surface area contributed by atoms with Crippen LogP contribution < -0.4 is 9.64 Å². The van der Waals surface area contributed by atoms with Gasteiger partial charge in [-0.1, -0.05) is 25.1 Å². The Bertz CT molecular complexity index is 1080. The lowest BCUT2D eigenvalue weighted by Crippen LogP contribution is -2.58. The molecule has 0 N–H and O–H groups in total. The highest BCUT2D eigenvalue weighted by atomic mass is 19.3. The maximum absolute atomic E-state index is 14.4.